The van der Waals surface area contributed by atoms with Crippen LogP contribution < -0.4 is 5.32 Å². The molecule has 0 saturated carbocycles. The quantitative estimate of drug-likeness (QED) is 0.728. The van der Waals surface area contributed by atoms with Crippen LogP contribution in [0.1, 0.15) is 20.2 Å². The summed E-state index contributed by atoms with van der Waals surface area (Å²) in [7, 11) is 1.30. The van der Waals surface area contributed by atoms with Crippen molar-refractivity contribution < 1.29 is 14.3 Å². The summed E-state index contributed by atoms with van der Waals surface area (Å²) in [5.41, 5.74) is 1.48. The Morgan fingerprint density at radius 2 is 2.19 bits per heavy atom. The number of ether oxygens (including phenoxy) is 1. The molecule has 0 aliphatic rings. The number of amides is 1. The molecule has 0 saturated heterocycles. The normalized spacial score (nSPS) is 10.5. The van der Waals surface area contributed by atoms with E-state index >= 15 is 0 Å². The summed E-state index contributed by atoms with van der Waals surface area (Å²) in [6.07, 6.45) is 0. The molecule has 0 spiro atoms. The van der Waals surface area contributed by atoms with Crippen LogP contribution in [0.3, 0.4) is 0 Å². The number of carbonyl (C=O) groups is 2. The molecule has 2 heterocycles. The lowest BCUT2D eigenvalue weighted by Gasteiger charge is -2.04. The van der Waals surface area contributed by atoms with E-state index in [2.05, 4.69) is 20.3 Å². The molecule has 0 unspecified atom stereocenters. The van der Waals surface area contributed by atoms with Crippen LogP contribution in [0.4, 0.5) is 5.69 Å². The standard InChI is InChI=1S/C14H11N3O3S/c1-20-14(19)12-9-7-8(4-5-10(9)16-17-12)15-13(18)11-3-2-6-21-11/h2-7H,1H3,(H,15,18)(H,16,17). The number of nitrogens with zero attached hydrogens (tertiary/aromatic N) is 1. The largest absolute Gasteiger partial charge is 0.464 e. The van der Waals surface area contributed by atoms with E-state index in [1.54, 1.807) is 24.3 Å². The number of esters is 1. The number of carbonyl (C=O) groups excluding carboxylic acids is 2. The smallest absolute Gasteiger partial charge is 0.359 e. The molecular formula is C14H11N3O3S. The highest BCUT2D eigenvalue weighted by molar-refractivity contribution is 7.12. The third kappa shape index (κ3) is 2.50. The van der Waals surface area contributed by atoms with Gasteiger partial charge in [0.15, 0.2) is 5.69 Å². The molecule has 21 heavy (non-hydrogen) atoms. The van der Waals surface area contributed by atoms with E-state index in [9.17, 15) is 9.59 Å². The molecule has 2 N–H and O–H groups in total. The van der Waals surface area contributed by atoms with Crippen molar-refractivity contribution in [2.75, 3.05) is 12.4 Å². The van der Waals surface area contributed by atoms with E-state index in [1.807, 2.05) is 11.4 Å². The molecular weight excluding hydrogens is 290 g/mol. The molecule has 106 valence electrons. The number of nitrogens with one attached hydrogen (secondary N) is 2. The average Bonchev–Trinajstić information content (AvgIpc) is 3.15. The van der Waals surface area contributed by atoms with Crippen molar-refractivity contribution in [2.24, 2.45) is 0 Å². The molecule has 3 rings (SSSR count). The maximum Gasteiger partial charge on any atom is 0.359 e. The summed E-state index contributed by atoms with van der Waals surface area (Å²) in [4.78, 5) is 24.2. The molecule has 1 amide bonds. The number of aromatic amines is 1. The summed E-state index contributed by atoms with van der Waals surface area (Å²) in [6.45, 7) is 0. The van der Waals surface area contributed by atoms with Crippen LogP contribution in [-0.4, -0.2) is 29.2 Å². The first-order chi connectivity index (χ1) is 10.2. The fourth-order valence-corrected chi connectivity index (χ4v) is 2.56. The van der Waals surface area contributed by atoms with E-state index in [4.69, 9.17) is 0 Å². The van der Waals surface area contributed by atoms with Gasteiger partial charge in [0.05, 0.1) is 17.5 Å². The molecule has 0 atom stereocenters. The van der Waals surface area contributed by atoms with Crippen molar-refractivity contribution in [1.29, 1.82) is 0 Å². The maximum atomic E-state index is 12.0. The molecule has 0 aliphatic heterocycles. The van der Waals surface area contributed by atoms with Gasteiger partial charge in [-0.25, -0.2) is 4.79 Å². The second-order valence-electron chi connectivity index (χ2n) is 4.26. The Bertz CT molecular complexity index is 808. The third-order valence-electron chi connectivity index (χ3n) is 2.94. The van der Waals surface area contributed by atoms with Gasteiger partial charge in [0.25, 0.3) is 5.91 Å². The molecule has 0 bridgehead atoms. The average molecular weight is 301 g/mol. The van der Waals surface area contributed by atoms with Crippen molar-refractivity contribution in [3.05, 3.63) is 46.3 Å². The molecule has 0 radical (unpaired) electrons. The predicted octanol–water partition coefficient (Wildman–Crippen LogP) is 2.66. The summed E-state index contributed by atoms with van der Waals surface area (Å²) >= 11 is 1.36. The van der Waals surface area contributed by atoms with Gasteiger partial charge in [-0.3, -0.25) is 9.89 Å². The summed E-state index contributed by atoms with van der Waals surface area (Å²) in [5.74, 6) is -0.713. The van der Waals surface area contributed by atoms with Gasteiger partial charge in [-0.2, -0.15) is 5.10 Å². The molecule has 2 aromatic heterocycles. The van der Waals surface area contributed by atoms with Crippen LogP contribution in [0.25, 0.3) is 10.9 Å². The zero-order chi connectivity index (χ0) is 14.8. The molecule has 6 nitrogen and oxygen atoms in total. The van der Waals surface area contributed by atoms with Gasteiger partial charge in [0.1, 0.15) is 0 Å². The van der Waals surface area contributed by atoms with E-state index in [0.717, 1.165) is 0 Å². The van der Waals surface area contributed by atoms with Crippen molar-refractivity contribution >= 4 is 39.8 Å². The van der Waals surface area contributed by atoms with Gasteiger partial charge in [-0.1, -0.05) is 6.07 Å². The lowest BCUT2D eigenvalue weighted by Crippen LogP contribution is -2.10. The van der Waals surface area contributed by atoms with E-state index in [-0.39, 0.29) is 11.6 Å². The summed E-state index contributed by atoms with van der Waals surface area (Å²) in [6, 6.07) is 8.74. The molecule has 0 aliphatic carbocycles. The lowest BCUT2D eigenvalue weighted by atomic mass is 10.2. The Hall–Kier alpha value is -2.67. The number of H-pyrrole nitrogens is 1. The van der Waals surface area contributed by atoms with Crippen LogP contribution in [0.5, 0.6) is 0 Å². The number of hydrogen-bond acceptors (Lipinski definition) is 5. The fraction of sp³-hybridized carbons (Fsp3) is 0.0714. The van der Waals surface area contributed by atoms with Crippen LogP contribution in [0, 0.1) is 0 Å². The van der Waals surface area contributed by atoms with Gasteiger partial charge < -0.3 is 10.1 Å². The Kier molecular flexibility index (Phi) is 3.41. The monoisotopic (exact) mass is 301 g/mol. The van der Waals surface area contributed by atoms with Crippen LogP contribution in [0.15, 0.2) is 35.7 Å². The minimum Gasteiger partial charge on any atom is -0.464 e. The van der Waals surface area contributed by atoms with Crippen LogP contribution in [0.2, 0.25) is 0 Å². The fourth-order valence-electron chi connectivity index (χ4n) is 1.94. The van der Waals surface area contributed by atoms with E-state index < -0.39 is 5.97 Å². The molecule has 1 aromatic carbocycles. The first kappa shape index (κ1) is 13.3. The zero-order valence-electron chi connectivity index (χ0n) is 11.0. The minimum atomic E-state index is -0.525. The number of aromatic nitrogens is 2. The topological polar surface area (TPSA) is 84.1 Å². The van der Waals surface area contributed by atoms with E-state index in [0.29, 0.717) is 21.5 Å². The highest BCUT2D eigenvalue weighted by atomic mass is 32.1. The number of thiophene rings is 1. The van der Waals surface area contributed by atoms with Gasteiger partial charge in [0, 0.05) is 11.1 Å². The van der Waals surface area contributed by atoms with Gasteiger partial charge in [0.2, 0.25) is 0 Å². The first-order valence-corrected chi connectivity index (χ1v) is 6.98. The molecule has 7 heteroatoms. The van der Waals surface area contributed by atoms with Gasteiger partial charge >= 0.3 is 5.97 Å². The SMILES string of the molecule is COC(=O)c1n[nH]c2ccc(NC(=O)c3cccs3)cc12. The number of hydrogen-bond donors (Lipinski definition) is 2. The highest BCUT2D eigenvalue weighted by Crippen LogP contribution is 2.22. The summed E-state index contributed by atoms with van der Waals surface area (Å²) in [5, 5.41) is 11.9. The molecule has 0 fully saturated rings. The Labute approximate surface area is 123 Å². The van der Waals surface area contributed by atoms with Crippen molar-refractivity contribution in [2.45, 2.75) is 0 Å². The molecule has 3 aromatic rings. The van der Waals surface area contributed by atoms with E-state index in [1.165, 1.54) is 18.4 Å². The highest BCUT2D eigenvalue weighted by Gasteiger charge is 2.15. The summed E-state index contributed by atoms with van der Waals surface area (Å²) < 4.78 is 4.68. The first-order valence-electron chi connectivity index (χ1n) is 6.10. The van der Waals surface area contributed by atoms with Gasteiger partial charge in [-0.05, 0) is 29.6 Å². The minimum absolute atomic E-state index is 0.188. The van der Waals surface area contributed by atoms with Crippen LogP contribution >= 0.6 is 11.3 Å². The second kappa shape index (κ2) is 5.37. The van der Waals surface area contributed by atoms with Crippen LogP contribution in [-0.2, 0) is 4.74 Å². The predicted molar refractivity (Wildman–Crippen MR) is 79.7 cm³/mol. The zero-order valence-corrected chi connectivity index (χ0v) is 11.9. The van der Waals surface area contributed by atoms with Crippen molar-refractivity contribution in [3.8, 4) is 0 Å². The van der Waals surface area contributed by atoms with Crippen molar-refractivity contribution in [3.63, 3.8) is 0 Å². The van der Waals surface area contributed by atoms with Crippen molar-refractivity contribution in [1.82, 2.24) is 10.2 Å². The van der Waals surface area contributed by atoms with Gasteiger partial charge in [-0.15, -0.1) is 11.3 Å². The Morgan fingerprint density at radius 1 is 1.33 bits per heavy atom. The number of benzene rings is 1. The second-order valence-corrected chi connectivity index (χ2v) is 5.20. The number of anilines is 1. The number of fused-ring (bicyclic) bond motifs is 1. The third-order valence-corrected chi connectivity index (χ3v) is 3.81. The Balaban J connectivity index is 1.93. The lowest BCUT2D eigenvalue weighted by molar-refractivity contribution is 0.0596. The number of methoxy groups -OCH3 is 1. The number of rotatable bonds is 3. The Morgan fingerprint density at radius 3 is 2.90 bits per heavy atom. The maximum absolute atomic E-state index is 12.0.